The summed E-state index contributed by atoms with van der Waals surface area (Å²) in [5, 5.41) is 3.39. The van der Waals surface area contributed by atoms with Gasteiger partial charge in [0.1, 0.15) is 31.3 Å². The van der Waals surface area contributed by atoms with E-state index < -0.39 is 0 Å². The molecule has 6 nitrogen and oxygen atoms in total. The van der Waals surface area contributed by atoms with E-state index in [0.29, 0.717) is 18.6 Å². The molecular formula is C11H18N2O4. The molecule has 0 radical (unpaired) electrons. The van der Waals surface area contributed by atoms with Crippen molar-refractivity contribution in [1.29, 1.82) is 0 Å². The van der Waals surface area contributed by atoms with E-state index in [4.69, 9.17) is 24.9 Å². The molecule has 7 unspecified atom stereocenters. The second-order valence-electron chi connectivity index (χ2n) is 5.39. The molecule has 3 N–H and O–H groups in total. The zero-order valence-electron chi connectivity index (χ0n) is 9.58. The van der Waals surface area contributed by atoms with Crippen LogP contribution in [0.15, 0.2) is 0 Å². The number of fused-ring (bicyclic) bond motifs is 4. The fourth-order valence-electron chi connectivity index (χ4n) is 3.78. The number of epoxide rings is 1. The van der Waals surface area contributed by atoms with Crippen LogP contribution < -0.4 is 11.2 Å². The van der Waals surface area contributed by atoms with E-state index in [1.807, 2.05) is 0 Å². The fraction of sp³-hybridized carbons (Fsp3) is 1.00. The summed E-state index contributed by atoms with van der Waals surface area (Å²) in [5.74, 6) is 6.37. The van der Waals surface area contributed by atoms with Gasteiger partial charge in [-0.3, -0.25) is 10.2 Å². The van der Waals surface area contributed by atoms with Crippen molar-refractivity contribution in [3.63, 3.8) is 0 Å². The summed E-state index contributed by atoms with van der Waals surface area (Å²) < 4.78 is 16.9. The molecule has 6 heteroatoms. The van der Waals surface area contributed by atoms with Crippen molar-refractivity contribution < 1.29 is 19.0 Å². The highest BCUT2D eigenvalue weighted by molar-refractivity contribution is 5.05. The third-order valence-corrected chi connectivity index (χ3v) is 4.61. The van der Waals surface area contributed by atoms with Crippen molar-refractivity contribution >= 4 is 0 Å². The van der Waals surface area contributed by atoms with Crippen LogP contribution in [0.4, 0.5) is 0 Å². The Bertz CT molecular complexity index is 316. The van der Waals surface area contributed by atoms with E-state index in [9.17, 15) is 0 Å². The molecule has 1 saturated carbocycles. The largest absolute Gasteiger partial charge is 0.353 e. The molecule has 0 aromatic heterocycles. The third-order valence-electron chi connectivity index (χ3n) is 4.61. The number of hydrogen-bond acceptors (Lipinski definition) is 6. The van der Waals surface area contributed by atoms with Crippen LogP contribution in [-0.4, -0.2) is 44.0 Å². The van der Waals surface area contributed by atoms with E-state index >= 15 is 0 Å². The molecule has 3 heterocycles. The Morgan fingerprint density at radius 2 is 2.18 bits per heavy atom. The van der Waals surface area contributed by atoms with Crippen LogP contribution in [0.5, 0.6) is 0 Å². The topological polar surface area (TPSA) is 78.3 Å². The number of rotatable bonds is 1. The molecule has 0 bridgehead atoms. The van der Waals surface area contributed by atoms with Gasteiger partial charge in [-0.1, -0.05) is 0 Å². The van der Waals surface area contributed by atoms with Gasteiger partial charge in [0.05, 0.1) is 6.10 Å². The van der Waals surface area contributed by atoms with Crippen molar-refractivity contribution in [3.05, 3.63) is 0 Å². The second-order valence-corrected chi connectivity index (χ2v) is 5.39. The van der Waals surface area contributed by atoms with Gasteiger partial charge >= 0.3 is 0 Å². The molecule has 17 heavy (non-hydrogen) atoms. The lowest BCUT2D eigenvalue weighted by atomic mass is 9.72. The molecule has 3 saturated heterocycles. The van der Waals surface area contributed by atoms with E-state index in [-0.39, 0.29) is 30.6 Å². The van der Waals surface area contributed by atoms with E-state index in [1.54, 1.807) is 0 Å². The average molecular weight is 242 g/mol. The third kappa shape index (κ3) is 1.56. The summed E-state index contributed by atoms with van der Waals surface area (Å²) in [6, 6.07) is 0. The van der Waals surface area contributed by atoms with Crippen molar-refractivity contribution in [2.45, 2.75) is 43.5 Å². The lowest BCUT2D eigenvalue weighted by Crippen LogP contribution is -2.53. The maximum absolute atomic E-state index is 5.66. The lowest BCUT2D eigenvalue weighted by molar-refractivity contribution is -0.124. The van der Waals surface area contributed by atoms with Crippen LogP contribution in [0.3, 0.4) is 0 Å². The molecule has 4 rings (SSSR count). The van der Waals surface area contributed by atoms with Crippen LogP contribution >= 0.6 is 0 Å². The van der Waals surface area contributed by atoms with E-state index in [0.717, 1.165) is 19.4 Å². The Morgan fingerprint density at radius 3 is 3.06 bits per heavy atom. The van der Waals surface area contributed by atoms with Crippen molar-refractivity contribution in [3.8, 4) is 0 Å². The first kappa shape index (κ1) is 10.7. The summed E-state index contributed by atoms with van der Waals surface area (Å²) in [4.78, 5) is 5.21. The van der Waals surface area contributed by atoms with Crippen LogP contribution in [0, 0.1) is 11.8 Å². The molecule has 4 aliphatic rings. The Hall–Kier alpha value is -0.240. The van der Waals surface area contributed by atoms with E-state index in [2.05, 4.69) is 5.32 Å². The van der Waals surface area contributed by atoms with Crippen molar-refractivity contribution in [2.75, 3.05) is 13.3 Å². The van der Waals surface area contributed by atoms with Gasteiger partial charge < -0.3 is 14.2 Å². The highest BCUT2D eigenvalue weighted by atomic mass is 16.7. The first-order valence-electron chi connectivity index (χ1n) is 6.36. The molecule has 7 atom stereocenters. The Kier molecular flexibility index (Phi) is 2.43. The molecule has 4 fully saturated rings. The summed E-state index contributed by atoms with van der Waals surface area (Å²) in [5.41, 5.74) is 0. The highest BCUT2D eigenvalue weighted by Crippen LogP contribution is 2.47. The van der Waals surface area contributed by atoms with Gasteiger partial charge in [0, 0.05) is 5.92 Å². The molecule has 3 aliphatic heterocycles. The highest BCUT2D eigenvalue weighted by Gasteiger charge is 2.59. The maximum atomic E-state index is 5.66. The SMILES string of the molecule is NOC1C2OCOC2CC2CCNC3OC3C21. The Morgan fingerprint density at radius 1 is 1.24 bits per heavy atom. The number of ether oxygens (including phenoxy) is 3. The molecule has 0 spiro atoms. The number of hydrogen-bond donors (Lipinski definition) is 2. The minimum Gasteiger partial charge on any atom is -0.353 e. The minimum atomic E-state index is -0.101. The fourth-order valence-corrected chi connectivity index (χ4v) is 3.78. The number of nitrogens with one attached hydrogen (secondary N) is 1. The minimum absolute atomic E-state index is 0.0239. The second kappa shape index (κ2) is 3.88. The van der Waals surface area contributed by atoms with Crippen LogP contribution in [0.2, 0.25) is 0 Å². The van der Waals surface area contributed by atoms with Gasteiger partial charge in [0.15, 0.2) is 0 Å². The molecule has 0 aromatic rings. The van der Waals surface area contributed by atoms with Crippen LogP contribution in [-0.2, 0) is 19.0 Å². The monoisotopic (exact) mass is 242 g/mol. The molecule has 0 amide bonds. The first-order valence-corrected chi connectivity index (χ1v) is 6.36. The zero-order valence-corrected chi connectivity index (χ0v) is 9.58. The van der Waals surface area contributed by atoms with Gasteiger partial charge in [-0.15, -0.1) is 0 Å². The normalized spacial score (nSPS) is 56.6. The predicted molar refractivity (Wildman–Crippen MR) is 56.6 cm³/mol. The Balaban J connectivity index is 1.63. The van der Waals surface area contributed by atoms with Crippen molar-refractivity contribution in [2.24, 2.45) is 17.7 Å². The lowest BCUT2D eigenvalue weighted by Gasteiger charge is -2.40. The zero-order chi connectivity index (χ0) is 11.4. The van der Waals surface area contributed by atoms with Gasteiger partial charge in [-0.25, -0.2) is 5.90 Å². The van der Waals surface area contributed by atoms with Crippen LogP contribution in [0.25, 0.3) is 0 Å². The van der Waals surface area contributed by atoms with Crippen LogP contribution in [0.1, 0.15) is 12.8 Å². The first-order chi connectivity index (χ1) is 8.38. The molecule has 96 valence electrons. The van der Waals surface area contributed by atoms with Gasteiger partial charge in [0.2, 0.25) is 0 Å². The quantitative estimate of drug-likeness (QED) is 0.469. The predicted octanol–water partition coefficient (Wildman–Crippen LogP) is -0.659. The van der Waals surface area contributed by atoms with E-state index in [1.165, 1.54) is 0 Å². The molecule has 1 aliphatic carbocycles. The Labute approximate surface area is 99.7 Å². The summed E-state index contributed by atoms with van der Waals surface area (Å²) in [6.07, 6.45) is 2.61. The average Bonchev–Trinajstić information content (AvgIpc) is 2.96. The standard InChI is InChI=1S/C11H18N2O4/c12-17-9-7-5(1-2-13-11-10(7)16-11)3-6-8(9)15-4-14-6/h5-11,13H,1-4,12H2. The smallest absolute Gasteiger partial charge is 0.147 e. The van der Waals surface area contributed by atoms with Crippen molar-refractivity contribution in [1.82, 2.24) is 5.32 Å². The van der Waals surface area contributed by atoms with Gasteiger partial charge in [-0.05, 0) is 25.3 Å². The summed E-state index contributed by atoms with van der Waals surface area (Å²) in [7, 11) is 0. The molecular weight excluding hydrogens is 224 g/mol. The van der Waals surface area contributed by atoms with Gasteiger partial charge in [-0.2, -0.15) is 0 Å². The maximum Gasteiger partial charge on any atom is 0.147 e. The summed E-state index contributed by atoms with van der Waals surface area (Å²) >= 11 is 0. The van der Waals surface area contributed by atoms with Gasteiger partial charge in [0.25, 0.3) is 0 Å². The summed E-state index contributed by atoms with van der Waals surface area (Å²) in [6.45, 7) is 1.36. The molecule has 0 aromatic carbocycles. The number of nitrogens with two attached hydrogens (primary N) is 1.